The van der Waals surface area contributed by atoms with E-state index >= 15 is 0 Å². The maximum absolute atomic E-state index is 12.4. The van der Waals surface area contributed by atoms with Crippen LogP contribution in [0.1, 0.15) is 10.5 Å². The lowest BCUT2D eigenvalue weighted by Crippen LogP contribution is -2.26. The number of anilines is 1. The first-order valence-corrected chi connectivity index (χ1v) is 6.02. The normalized spacial score (nSPS) is 10.6. The number of rotatable bonds is 2. The Morgan fingerprint density at radius 1 is 1.16 bits per heavy atom. The Kier molecular flexibility index (Phi) is 2.76. The van der Waals surface area contributed by atoms with E-state index < -0.39 is 0 Å². The fourth-order valence-electron chi connectivity index (χ4n) is 2.02. The van der Waals surface area contributed by atoms with Crippen LogP contribution in [0.4, 0.5) is 5.69 Å². The molecule has 0 aliphatic rings. The number of aromatic nitrogens is 2. The van der Waals surface area contributed by atoms with Gasteiger partial charge in [0.15, 0.2) is 0 Å². The van der Waals surface area contributed by atoms with Gasteiger partial charge in [-0.05, 0) is 30.3 Å². The molecule has 0 radical (unpaired) electrons. The molecule has 0 unspecified atom stereocenters. The number of carbonyl (C=O) groups excluding carboxylic acids is 1. The maximum Gasteiger partial charge on any atom is 0.274 e. The van der Waals surface area contributed by atoms with E-state index in [1.54, 1.807) is 18.1 Å². The van der Waals surface area contributed by atoms with E-state index in [2.05, 4.69) is 9.97 Å². The molecular weight excluding hydrogens is 238 g/mol. The minimum absolute atomic E-state index is 0.0794. The van der Waals surface area contributed by atoms with Crippen molar-refractivity contribution in [1.82, 2.24) is 9.97 Å². The summed E-state index contributed by atoms with van der Waals surface area (Å²) in [5.74, 6) is -0.0794. The Bertz CT molecular complexity index is 685. The lowest BCUT2D eigenvalue weighted by molar-refractivity contribution is 0.0989. The van der Waals surface area contributed by atoms with E-state index in [-0.39, 0.29) is 5.91 Å². The highest BCUT2D eigenvalue weighted by Gasteiger charge is 2.15. The highest BCUT2D eigenvalue weighted by Crippen LogP contribution is 2.17. The van der Waals surface area contributed by atoms with E-state index in [0.717, 1.165) is 16.7 Å². The molecule has 4 nitrogen and oxygen atoms in total. The van der Waals surface area contributed by atoms with Crippen LogP contribution in [0.25, 0.3) is 11.0 Å². The van der Waals surface area contributed by atoms with E-state index in [1.807, 2.05) is 48.5 Å². The molecule has 0 saturated heterocycles. The van der Waals surface area contributed by atoms with Crippen molar-refractivity contribution in [2.75, 3.05) is 11.9 Å². The van der Waals surface area contributed by atoms with Gasteiger partial charge in [0.25, 0.3) is 5.91 Å². The van der Waals surface area contributed by atoms with Gasteiger partial charge in [0, 0.05) is 24.3 Å². The van der Waals surface area contributed by atoms with Gasteiger partial charge in [0.2, 0.25) is 0 Å². The number of nitrogens with one attached hydrogen (secondary N) is 1. The fourth-order valence-corrected chi connectivity index (χ4v) is 2.02. The molecule has 0 bridgehead atoms. The molecule has 1 aromatic carbocycles. The topological polar surface area (TPSA) is 49.0 Å². The molecule has 0 fully saturated rings. The number of hydrogen-bond acceptors (Lipinski definition) is 2. The predicted molar refractivity (Wildman–Crippen MR) is 75.3 cm³/mol. The predicted octanol–water partition coefficient (Wildman–Crippen LogP) is 2.84. The molecule has 0 aliphatic carbocycles. The lowest BCUT2D eigenvalue weighted by atomic mass is 10.2. The zero-order valence-electron chi connectivity index (χ0n) is 10.5. The Hall–Kier alpha value is -2.62. The molecule has 4 heteroatoms. The van der Waals surface area contributed by atoms with E-state index in [1.165, 1.54) is 0 Å². The highest BCUT2D eigenvalue weighted by atomic mass is 16.2. The van der Waals surface area contributed by atoms with Gasteiger partial charge in [-0.15, -0.1) is 0 Å². The average molecular weight is 251 g/mol. The molecule has 19 heavy (non-hydrogen) atoms. The van der Waals surface area contributed by atoms with Crippen LogP contribution in [0.5, 0.6) is 0 Å². The Balaban J connectivity index is 1.95. The van der Waals surface area contributed by atoms with Gasteiger partial charge < -0.3 is 9.88 Å². The van der Waals surface area contributed by atoms with Crippen molar-refractivity contribution in [2.45, 2.75) is 0 Å². The third-order valence-corrected chi connectivity index (χ3v) is 3.07. The third-order valence-electron chi connectivity index (χ3n) is 3.07. The van der Waals surface area contributed by atoms with Gasteiger partial charge in [-0.1, -0.05) is 18.2 Å². The van der Waals surface area contributed by atoms with Crippen LogP contribution in [0.15, 0.2) is 54.7 Å². The van der Waals surface area contributed by atoms with Crippen LogP contribution in [-0.2, 0) is 0 Å². The number of hydrogen-bond donors (Lipinski definition) is 1. The quantitative estimate of drug-likeness (QED) is 0.761. The summed E-state index contributed by atoms with van der Waals surface area (Å²) < 4.78 is 0. The zero-order valence-corrected chi connectivity index (χ0v) is 10.5. The van der Waals surface area contributed by atoms with E-state index in [4.69, 9.17) is 0 Å². The van der Waals surface area contributed by atoms with Crippen molar-refractivity contribution >= 4 is 22.6 Å². The second-order valence-electron chi connectivity index (χ2n) is 4.32. The summed E-state index contributed by atoms with van der Waals surface area (Å²) in [5, 5.41) is 0.937. The second kappa shape index (κ2) is 4.57. The number of nitrogens with zero attached hydrogens (tertiary/aromatic N) is 2. The summed E-state index contributed by atoms with van der Waals surface area (Å²) in [6.45, 7) is 0. The van der Waals surface area contributed by atoms with Crippen LogP contribution in [0.3, 0.4) is 0 Å². The van der Waals surface area contributed by atoms with Gasteiger partial charge in [-0.2, -0.15) is 0 Å². The number of para-hydroxylation sites is 1. The number of pyridine rings is 1. The number of H-pyrrole nitrogens is 1. The van der Waals surface area contributed by atoms with Crippen molar-refractivity contribution in [1.29, 1.82) is 0 Å². The average Bonchev–Trinajstić information content (AvgIpc) is 2.90. The minimum Gasteiger partial charge on any atom is -0.335 e. The molecule has 0 aliphatic heterocycles. The second-order valence-corrected chi connectivity index (χ2v) is 4.32. The number of benzene rings is 1. The van der Waals surface area contributed by atoms with Gasteiger partial charge >= 0.3 is 0 Å². The summed E-state index contributed by atoms with van der Waals surface area (Å²) in [4.78, 5) is 21.2. The number of carbonyl (C=O) groups is 1. The van der Waals surface area contributed by atoms with Crippen LogP contribution in [0, 0.1) is 0 Å². The van der Waals surface area contributed by atoms with E-state index in [0.29, 0.717) is 5.69 Å². The van der Waals surface area contributed by atoms with Crippen LogP contribution < -0.4 is 4.90 Å². The van der Waals surface area contributed by atoms with Crippen molar-refractivity contribution in [3.8, 4) is 0 Å². The van der Waals surface area contributed by atoms with Crippen molar-refractivity contribution < 1.29 is 4.79 Å². The van der Waals surface area contributed by atoms with Crippen LogP contribution in [-0.4, -0.2) is 22.9 Å². The molecule has 1 N–H and O–H groups in total. The van der Waals surface area contributed by atoms with Crippen molar-refractivity contribution in [3.63, 3.8) is 0 Å². The van der Waals surface area contributed by atoms with Crippen molar-refractivity contribution in [2.24, 2.45) is 0 Å². The molecule has 0 saturated carbocycles. The van der Waals surface area contributed by atoms with Crippen LogP contribution in [0.2, 0.25) is 0 Å². The Labute approximate surface area is 110 Å². The monoisotopic (exact) mass is 251 g/mol. The zero-order chi connectivity index (χ0) is 13.2. The first-order valence-electron chi connectivity index (χ1n) is 6.02. The fraction of sp³-hybridized carbons (Fsp3) is 0.0667. The summed E-state index contributed by atoms with van der Waals surface area (Å²) in [5.41, 5.74) is 2.13. The molecule has 2 heterocycles. The standard InChI is InChI=1S/C15H13N3O/c1-18(12-7-3-2-4-8-12)15(19)13-10-11-6-5-9-16-14(11)17-13/h2-10H,1H3,(H,16,17). The molecule has 3 aromatic rings. The molecule has 94 valence electrons. The molecular formula is C15H13N3O. The summed E-state index contributed by atoms with van der Waals surface area (Å²) in [6, 6.07) is 15.2. The van der Waals surface area contributed by atoms with Gasteiger partial charge in [-0.25, -0.2) is 4.98 Å². The van der Waals surface area contributed by atoms with Gasteiger partial charge in [-0.3, -0.25) is 4.79 Å². The SMILES string of the molecule is CN(C(=O)c1cc2cccnc2[nH]1)c1ccccc1. The van der Waals surface area contributed by atoms with E-state index in [9.17, 15) is 4.79 Å². The summed E-state index contributed by atoms with van der Waals surface area (Å²) in [6.07, 6.45) is 1.70. The van der Waals surface area contributed by atoms with Crippen molar-refractivity contribution in [3.05, 3.63) is 60.4 Å². The summed E-state index contributed by atoms with van der Waals surface area (Å²) in [7, 11) is 1.76. The third kappa shape index (κ3) is 2.08. The van der Waals surface area contributed by atoms with Gasteiger partial charge in [0.05, 0.1) is 0 Å². The van der Waals surface area contributed by atoms with Gasteiger partial charge in [0.1, 0.15) is 11.3 Å². The minimum atomic E-state index is -0.0794. The first-order chi connectivity index (χ1) is 9.25. The molecule has 2 aromatic heterocycles. The molecule has 0 atom stereocenters. The first kappa shape index (κ1) is 11.5. The Morgan fingerprint density at radius 3 is 2.68 bits per heavy atom. The molecule has 3 rings (SSSR count). The maximum atomic E-state index is 12.4. The number of amides is 1. The molecule has 1 amide bonds. The lowest BCUT2D eigenvalue weighted by Gasteiger charge is -2.16. The highest BCUT2D eigenvalue weighted by molar-refractivity contribution is 6.06. The van der Waals surface area contributed by atoms with Crippen LogP contribution >= 0.6 is 0 Å². The number of aromatic amines is 1. The molecule has 0 spiro atoms. The Morgan fingerprint density at radius 2 is 1.95 bits per heavy atom. The summed E-state index contributed by atoms with van der Waals surface area (Å²) >= 11 is 0. The smallest absolute Gasteiger partial charge is 0.274 e. The largest absolute Gasteiger partial charge is 0.335 e. The number of fused-ring (bicyclic) bond motifs is 1.